The van der Waals surface area contributed by atoms with Crippen molar-refractivity contribution in [3.63, 3.8) is 0 Å². The lowest BCUT2D eigenvalue weighted by Crippen LogP contribution is -3.11. The van der Waals surface area contributed by atoms with E-state index < -0.39 is 0 Å². The van der Waals surface area contributed by atoms with Crippen LogP contribution in [0.5, 0.6) is 0 Å². The molecule has 0 bridgehead atoms. The van der Waals surface area contributed by atoms with Crippen molar-refractivity contribution < 1.29 is 9.69 Å². The molecule has 3 rings (SSSR count). The molecule has 1 aromatic carbocycles. The van der Waals surface area contributed by atoms with Gasteiger partial charge in [0.05, 0.1) is 24.0 Å². The summed E-state index contributed by atoms with van der Waals surface area (Å²) in [6, 6.07) is 11.8. The Hall–Kier alpha value is -1.36. The minimum atomic E-state index is -0.0554. The first-order chi connectivity index (χ1) is 11.1. The van der Waals surface area contributed by atoms with Gasteiger partial charge in [-0.3, -0.25) is 4.79 Å². The molecule has 23 heavy (non-hydrogen) atoms. The molecule has 122 valence electrons. The summed E-state index contributed by atoms with van der Waals surface area (Å²) in [6.45, 7) is 4.47. The Labute approximate surface area is 146 Å². The van der Waals surface area contributed by atoms with Gasteiger partial charge in [-0.25, -0.2) is 0 Å². The second-order valence-electron chi connectivity index (χ2n) is 6.13. The molecule has 1 aliphatic heterocycles. The normalized spacial score (nSPS) is 17.8. The van der Waals surface area contributed by atoms with Crippen LogP contribution in [-0.4, -0.2) is 25.0 Å². The van der Waals surface area contributed by atoms with Gasteiger partial charge in [0.25, 0.3) is 5.91 Å². The van der Waals surface area contributed by atoms with Crippen molar-refractivity contribution in [2.45, 2.75) is 31.8 Å². The molecule has 1 aromatic heterocycles. The monoisotopic (exact) mass is 349 g/mol. The number of likely N-dealkylation sites (tertiary alicyclic amines) is 1. The molecule has 0 unspecified atom stereocenters. The highest BCUT2D eigenvalue weighted by Gasteiger charge is 2.33. The van der Waals surface area contributed by atoms with Crippen LogP contribution in [-0.2, 0) is 0 Å². The number of thiophene rings is 1. The highest BCUT2D eigenvalue weighted by molar-refractivity contribution is 7.10. The molecule has 2 atom stereocenters. The number of halogens is 1. The van der Waals surface area contributed by atoms with Gasteiger partial charge in [-0.1, -0.05) is 23.7 Å². The second kappa shape index (κ2) is 7.47. The van der Waals surface area contributed by atoms with Crippen LogP contribution >= 0.6 is 22.9 Å². The number of rotatable bonds is 5. The molecule has 2 N–H and O–H groups in total. The van der Waals surface area contributed by atoms with E-state index in [1.165, 1.54) is 30.8 Å². The fourth-order valence-electron chi connectivity index (χ4n) is 3.41. The topological polar surface area (TPSA) is 33.5 Å². The molecule has 1 saturated heterocycles. The molecule has 0 saturated carbocycles. The first-order valence-corrected chi connectivity index (χ1v) is 9.35. The molecule has 5 heteroatoms. The largest absolute Gasteiger partial charge is 0.343 e. The molecular formula is C18H22ClN2OS+. The first-order valence-electron chi connectivity index (χ1n) is 8.09. The number of hydrogen-bond donors (Lipinski definition) is 2. The van der Waals surface area contributed by atoms with Crippen LogP contribution < -0.4 is 10.2 Å². The number of hydrogen-bond acceptors (Lipinski definition) is 2. The van der Waals surface area contributed by atoms with Gasteiger partial charge in [-0.15, -0.1) is 11.3 Å². The van der Waals surface area contributed by atoms with Crippen LogP contribution in [0.3, 0.4) is 0 Å². The molecule has 2 heterocycles. The Kier molecular flexibility index (Phi) is 5.36. The van der Waals surface area contributed by atoms with E-state index in [1.807, 2.05) is 6.07 Å². The summed E-state index contributed by atoms with van der Waals surface area (Å²) < 4.78 is 0. The van der Waals surface area contributed by atoms with Crippen LogP contribution in [0, 0.1) is 0 Å². The van der Waals surface area contributed by atoms with E-state index in [4.69, 9.17) is 11.6 Å². The predicted octanol–water partition coefficient (Wildman–Crippen LogP) is 2.94. The average molecular weight is 350 g/mol. The van der Waals surface area contributed by atoms with Gasteiger partial charge < -0.3 is 10.2 Å². The standard InChI is InChI=1S/C18H21ClN2OS/c1-13(20-18(22)14-6-4-7-15(19)12-14)17(16-8-5-11-23-16)21-9-2-3-10-21/h4-8,11-13,17H,2-3,9-10H2,1H3,(H,20,22)/p+1/t13-,17-/m1/s1. The zero-order chi connectivity index (χ0) is 16.2. The molecule has 0 aliphatic carbocycles. The maximum Gasteiger partial charge on any atom is 0.251 e. The highest BCUT2D eigenvalue weighted by Crippen LogP contribution is 2.21. The summed E-state index contributed by atoms with van der Waals surface area (Å²) in [5.74, 6) is -0.0554. The number of benzene rings is 1. The van der Waals surface area contributed by atoms with E-state index in [2.05, 4.69) is 29.8 Å². The van der Waals surface area contributed by atoms with Crippen molar-refractivity contribution in [2.24, 2.45) is 0 Å². The molecule has 1 amide bonds. The Bertz CT molecular complexity index is 653. The second-order valence-corrected chi connectivity index (χ2v) is 7.55. The van der Waals surface area contributed by atoms with Crippen molar-refractivity contribution in [2.75, 3.05) is 13.1 Å². The van der Waals surface area contributed by atoms with Crippen LogP contribution in [0.4, 0.5) is 0 Å². The third kappa shape index (κ3) is 3.94. The van der Waals surface area contributed by atoms with Crippen LogP contribution in [0.15, 0.2) is 41.8 Å². The molecule has 0 radical (unpaired) electrons. The molecule has 1 aliphatic rings. The molecular weight excluding hydrogens is 328 g/mol. The molecule has 2 aromatic rings. The Morgan fingerprint density at radius 3 is 2.70 bits per heavy atom. The minimum absolute atomic E-state index is 0.0554. The SMILES string of the molecule is C[C@@H](NC(=O)c1cccc(Cl)c1)[C@H](c1cccs1)[NH+]1CCCC1. The Morgan fingerprint density at radius 2 is 2.04 bits per heavy atom. The lowest BCUT2D eigenvalue weighted by molar-refractivity contribution is -0.920. The minimum Gasteiger partial charge on any atom is -0.343 e. The predicted molar refractivity (Wildman–Crippen MR) is 95.4 cm³/mol. The Morgan fingerprint density at radius 1 is 1.26 bits per heavy atom. The summed E-state index contributed by atoms with van der Waals surface area (Å²) in [4.78, 5) is 15.4. The summed E-state index contributed by atoms with van der Waals surface area (Å²) >= 11 is 7.77. The van der Waals surface area contributed by atoms with E-state index in [0.29, 0.717) is 16.6 Å². The van der Waals surface area contributed by atoms with Crippen molar-refractivity contribution in [1.29, 1.82) is 0 Å². The lowest BCUT2D eigenvalue weighted by atomic mass is 10.1. The van der Waals surface area contributed by atoms with Crippen molar-refractivity contribution in [3.05, 3.63) is 57.2 Å². The van der Waals surface area contributed by atoms with Crippen LogP contribution in [0.2, 0.25) is 5.02 Å². The van der Waals surface area contributed by atoms with Gasteiger partial charge >= 0.3 is 0 Å². The van der Waals surface area contributed by atoms with Gasteiger partial charge in [0.15, 0.2) is 0 Å². The number of carbonyl (C=O) groups excluding carboxylic acids is 1. The average Bonchev–Trinajstić information content (AvgIpc) is 3.21. The zero-order valence-corrected chi connectivity index (χ0v) is 14.8. The van der Waals surface area contributed by atoms with Crippen LogP contribution in [0.25, 0.3) is 0 Å². The summed E-state index contributed by atoms with van der Waals surface area (Å²) in [5.41, 5.74) is 0.616. The third-order valence-electron chi connectivity index (χ3n) is 4.48. The van der Waals surface area contributed by atoms with Gasteiger partial charge in [-0.05, 0) is 36.6 Å². The zero-order valence-electron chi connectivity index (χ0n) is 13.2. The summed E-state index contributed by atoms with van der Waals surface area (Å²) in [7, 11) is 0. The van der Waals surface area contributed by atoms with E-state index >= 15 is 0 Å². The van der Waals surface area contributed by atoms with Crippen LogP contribution in [0.1, 0.15) is 41.0 Å². The smallest absolute Gasteiger partial charge is 0.251 e. The van der Waals surface area contributed by atoms with Crippen molar-refractivity contribution in [3.8, 4) is 0 Å². The number of amides is 1. The number of carbonyl (C=O) groups is 1. The quantitative estimate of drug-likeness (QED) is 0.855. The highest BCUT2D eigenvalue weighted by atomic mass is 35.5. The summed E-state index contributed by atoms with van der Waals surface area (Å²) in [6.07, 6.45) is 2.54. The first kappa shape index (κ1) is 16.5. The van der Waals surface area contributed by atoms with Gasteiger partial charge in [0.2, 0.25) is 0 Å². The van der Waals surface area contributed by atoms with Crippen molar-refractivity contribution >= 4 is 28.8 Å². The van der Waals surface area contributed by atoms with E-state index in [9.17, 15) is 4.79 Å². The molecule has 0 spiro atoms. The van der Waals surface area contributed by atoms with Gasteiger partial charge in [-0.2, -0.15) is 0 Å². The Balaban J connectivity index is 1.75. The molecule has 3 nitrogen and oxygen atoms in total. The maximum absolute atomic E-state index is 12.5. The number of quaternary nitrogens is 1. The molecule has 1 fully saturated rings. The van der Waals surface area contributed by atoms with Gasteiger partial charge in [0.1, 0.15) is 6.04 Å². The maximum atomic E-state index is 12.5. The summed E-state index contributed by atoms with van der Waals surface area (Å²) in [5, 5.41) is 5.88. The van der Waals surface area contributed by atoms with E-state index in [0.717, 1.165) is 0 Å². The lowest BCUT2D eigenvalue weighted by Gasteiger charge is -2.29. The number of nitrogens with one attached hydrogen (secondary N) is 2. The third-order valence-corrected chi connectivity index (χ3v) is 5.67. The van der Waals surface area contributed by atoms with Crippen molar-refractivity contribution in [1.82, 2.24) is 5.32 Å². The van der Waals surface area contributed by atoms with Gasteiger partial charge in [0, 0.05) is 23.4 Å². The fraction of sp³-hybridized carbons (Fsp3) is 0.389. The van der Waals surface area contributed by atoms with E-state index in [-0.39, 0.29) is 11.9 Å². The fourth-order valence-corrected chi connectivity index (χ4v) is 4.59. The van der Waals surface area contributed by atoms with E-state index in [1.54, 1.807) is 34.4 Å².